The second-order valence-electron chi connectivity index (χ2n) is 5.23. The predicted molar refractivity (Wildman–Crippen MR) is 94.4 cm³/mol. The average Bonchev–Trinajstić information content (AvgIpc) is 2.64. The lowest BCUT2D eigenvalue weighted by Gasteiger charge is -2.17. The number of urea groups is 1. The Balaban J connectivity index is 2.48. The highest BCUT2D eigenvalue weighted by molar-refractivity contribution is 5.79. The third-order valence-electron chi connectivity index (χ3n) is 3.11. The fraction of sp³-hybridized carbons (Fsp3) is 0.294. The number of aromatic nitrogens is 1. The van der Waals surface area contributed by atoms with Crippen LogP contribution in [0.5, 0.6) is 5.75 Å². The molecular formula is C17H19F3N4O4. The topological polar surface area (TPSA) is 93.1 Å². The Morgan fingerprint density at radius 2 is 2.11 bits per heavy atom. The molecule has 0 unspecified atom stereocenters. The van der Waals surface area contributed by atoms with Crippen molar-refractivity contribution in [3.63, 3.8) is 0 Å². The summed E-state index contributed by atoms with van der Waals surface area (Å²) in [5, 5.41) is 2.57. The van der Waals surface area contributed by atoms with Crippen molar-refractivity contribution in [1.29, 1.82) is 0 Å². The molecule has 0 aliphatic carbocycles. The number of hydrogen-bond donors (Lipinski definition) is 1. The van der Waals surface area contributed by atoms with E-state index >= 15 is 0 Å². The standard InChI is InChI=1S/C17H19F3N4O4/c1-12(28-14-5-6-15(23-10-14)17(18,19)20)9-22-13(2)24(3)16(26)21-7-4-8-27-11-25/h5-6,9-11H,1-2,4,7-8H2,3H3,(H,21,26)/b22-9-. The molecule has 1 N–H and O–H groups in total. The summed E-state index contributed by atoms with van der Waals surface area (Å²) in [6.45, 7) is 7.95. The lowest BCUT2D eigenvalue weighted by Crippen LogP contribution is -2.36. The van der Waals surface area contributed by atoms with Gasteiger partial charge >= 0.3 is 12.2 Å². The van der Waals surface area contributed by atoms with E-state index in [2.05, 4.69) is 33.2 Å². The minimum atomic E-state index is -4.54. The van der Waals surface area contributed by atoms with Crippen LogP contribution in [0.2, 0.25) is 0 Å². The summed E-state index contributed by atoms with van der Waals surface area (Å²) in [5.41, 5.74) is -1.04. The summed E-state index contributed by atoms with van der Waals surface area (Å²) in [6.07, 6.45) is -2.03. The number of nitrogens with zero attached hydrogens (tertiary/aromatic N) is 3. The van der Waals surface area contributed by atoms with Crippen molar-refractivity contribution in [2.24, 2.45) is 4.99 Å². The molecule has 1 aromatic rings. The molecule has 0 bridgehead atoms. The molecule has 152 valence electrons. The van der Waals surface area contributed by atoms with Crippen LogP contribution in [0.1, 0.15) is 12.1 Å². The van der Waals surface area contributed by atoms with Gasteiger partial charge in [0, 0.05) is 13.6 Å². The maximum absolute atomic E-state index is 12.5. The second-order valence-corrected chi connectivity index (χ2v) is 5.23. The van der Waals surface area contributed by atoms with E-state index in [1.165, 1.54) is 7.05 Å². The zero-order chi connectivity index (χ0) is 21.2. The van der Waals surface area contributed by atoms with Crippen molar-refractivity contribution >= 4 is 18.7 Å². The minimum Gasteiger partial charge on any atom is -0.468 e. The molecule has 0 radical (unpaired) electrons. The van der Waals surface area contributed by atoms with Gasteiger partial charge in [-0.15, -0.1) is 0 Å². The molecule has 2 amide bonds. The fourth-order valence-corrected chi connectivity index (χ4v) is 1.65. The predicted octanol–water partition coefficient (Wildman–Crippen LogP) is 2.74. The first kappa shape index (κ1) is 22.7. The highest BCUT2D eigenvalue weighted by Crippen LogP contribution is 2.28. The van der Waals surface area contributed by atoms with Crippen molar-refractivity contribution in [3.05, 3.63) is 48.8 Å². The molecule has 28 heavy (non-hydrogen) atoms. The van der Waals surface area contributed by atoms with Crippen LogP contribution < -0.4 is 10.1 Å². The van der Waals surface area contributed by atoms with E-state index < -0.39 is 17.9 Å². The molecule has 0 aliphatic rings. The first-order valence-corrected chi connectivity index (χ1v) is 7.85. The van der Waals surface area contributed by atoms with E-state index in [9.17, 15) is 22.8 Å². The zero-order valence-electron chi connectivity index (χ0n) is 15.0. The maximum atomic E-state index is 12.5. The molecule has 0 saturated carbocycles. The van der Waals surface area contributed by atoms with Crippen LogP contribution in [0.25, 0.3) is 0 Å². The second kappa shape index (κ2) is 10.7. The minimum absolute atomic E-state index is 0.00234. The zero-order valence-corrected chi connectivity index (χ0v) is 15.0. The van der Waals surface area contributed by atoms with E-state index in [0.717, 1.165) is 29.4 Å². The number of rotatable bonds is 10. The van der Waals surface area contributed by atoms with Gasteiger partial charge in [-0.1, -0.05) is 13.2 Å². The van der Waals surface area contributed by atoms with E-state index in [-0.39, 0.29) is 30.5 Å². The number of halogens is 3. The molecule has 11 heteroatoms. The van der Waals surface area contributed by atoms with Crippen LogP contribution in [0.15, 0.2) is 48.1 Å². The number of carbonyl (C=O) groups excluding carboxylic acids is 2. The fourth-order valence-electron chi connectivity index (χ4n) is 1.65. The SMILES string of the molecule is C=C(/C=N\C(=C)N(C)C(=O)NCCCOC=O)Oc1ccc(C(F)(F)F)nc1. The molecular weight excluding hydrogens is 381 g/mol. The number of ether oxygens (including phenoxy) is 2. The summed E-state index contributed by atoms with van der Waals surface area (Å²) in [5.74, 6) is 0.109. The lowest BCUT2D eigenvalue weighted by molar-refractivity contribution is -0.141. The Morgan fingerprint density at radius 1 is 1.39 bits per heavy atom. The summed E-state index contributed by atoms with van der Waals surface area (Å²) in [7, 11) is 1.43. The van der Waals surface area contributed by atoms with Crippen LogP contribution in [-0.4, -0.2) is 48.8 Å². The van der Waals surface area contributed by atoms with Crippen molar-refractivity contribution in [3.8, 4) is 5.75 Å². The van der Waals surface area contributed by atoms with Gasteiger partial charge in [0.15, 0.2) is 0 Å². The van der Waals surface area contributed by atoms with Crippen molar-refractivity contribution in [2.45, 2.75) is 12.6 Å². The van der Waals surface area contributed by atoms with Crippen LogP contribution in [0, 0.1) is 0 Å². The van der Waals surface area contributed by atoms with Gasteiger partial charge < -0.3 is 14.8 Å². The van der Waals surface area contributed by atoms with Gasteiger partial charge in [0.25, 0.3) is 6.47 Å². The molecule has 0 aromatic carbocycles. The van der Waals surface area contributed by atoms with Crippen LogP contribution >= 0.6 is 0 Å². The summed E-state index contributed by atoms with van der Waals surface area (Å²) in [6, 6.07) is 1.39. The smallest absolute Gasteiger partial charge is 0.433 e. The molecule has 1 heterocycles. The molecule has 1 rings (SSSR count). The van der Waals surface area contributed by atoms with Crippen molar-refractivity contribution < 1.29 is 32.2 Å². The number of carbonyl (C=O) groups is 2. The molecule has 0 saturated heterocycles. The molecule has 1 aromatic heterocycles. The molecule has 0 aliphatic heterocycles. The van der Waals surface area contributed by atoms with Crippen LogP contribution in [0.4, 0.5) is 18.0 Å². The summed E-state index contributed by atoms with van der Waals surface area (Å²) >= 11 is 0. The van der Waals surface area contributed by atoms with Crippen molar-refractivity contribution in [2.75, 3.05) is 20.2 Å². The molecule has 0 spiro atoms. The van der Waals surface area contributed by atoms with Gasteiger partial charge in [-0.25, -0.2) is 14.8 Å². The Labute approximate surface area is 159 Å². The van der Waals surface area contributed by atoms with Crippen LogP contribution in [-0.2, 0) is 15.7 Å². The van der Waals surface area contributed by atoms with E-state index in [0.29, 0.717) is 12.9 Å². The Hall–Kier alpha value is -3.37. The summed E-state index contributed by atoms with van der Waals surface area (Å²) < 4.78 is 47.1. The molecule has 8 nitrogen and oxygen atoms in total. The largest absolute Gasteiger partial charge is 0.468 e. The van der Waals surface area contributed by atoms with Gasteiger partial charge in [-0.05, 0) is 18.6 Å². The molecule has 0 fully saturated rings. The van der Waals surface area contributed by atoms with E-state index in [1.54, 1.807) is 0 Å². The van der Waals surface area contributed by atoms with Gasteiger partial charge in [0.1, 0.15) is 23.0 Å². The maximum Gasteiger partial charge on any atom is 0.433 e. The first-order chi connectivity index (χ1) is 13.1. The number of alkyl halides is 3. The number of nitrogens with one attached hydrogen (secondary N) is 1. The normalized spacial score (nSPS) is 11.0. The Bertz CT molecular complexity index is 733. The van der Waals surface area contributed by atoms with E-state index in [4.69, 9.17) is 4.74 Å². The number of allylic oxidation sites excluding steroid dienone is 1. The van der Waals surface area contributed by atoms with Gasteiger partial charge in [0.2, 0.25) is 0 Å². The van der Waals surface area contributed by atoms with Gasteiger partial charge in [0.05, 0.1) is 19.0 Å². The number of aliphatic imine (C=N–C) groups is 1. The third kappa shape index (κ3) is 7.89. The highest BCUT2D eigenvalue weighted by Gasteiger charge is 2.32. The Kier molecular flexibility index (Phi) is 8.66. The van der Waals surface area contributed by atoms with E-state index in [1.807, 2.05) is 0 Å². The number of pyridine rings is 1. The van der Waals surface area contributed by atoms with Crippen molar-refractivity contribution in [1.82, 2.24) is 15.2 Å². The monoisotopic (exact) mass is 400 g/mol. The quantitative estimate of drug-likeness (QED) is 0.282. The number of amides is 2. The van der Waals surface area contributed by atoms with Crippen LogP contribution in [0.3, 0.4) is 0 Å². The number of hydrogen-bond acceptors (Lipinski definition) is 6. The average molecular weight is 400 g/mol. The summed E-state index contributed by atoms with van der Waals surface area (Å²) in [4.78, 5) is 30.2. The molecule has 0 atom stereocenters. The first-order valence-electron chi connectivity index (χ1n) is 7.85. The van der Waals surface area contributed by atoms with Gasteiger partial charge in [-0.2, -0.15) is 13.2 Å². The lowest BCUT2D eigenvalue weighted by atomic mass is 10.3. The third-order valence-corrected chi connectivity index (χ3v) is 3.11. The Morgan fingerprint density at radius 3 is 2.68 bits per heavy atom. The van der Waals surface area contributed by atoms with Gasteiger partial charge in [-0.3, -0.25) is 9.69 Å². The highest BCUT2D eigenvalue weighted by atomic mass is 19.4.